The van der Waals surface area contributed by atoms with Gasteiger partial charge in [0.1, 0.15) is 6.17 Å². The zero-order valence-electron chi connectivity index (χ0n) is 15.2. The fourth-order valence-electron chi connectivity index (χ4n) is 2.67. The van der Waals surface area contributed by atoms with Gasteiger partial charge < -0.3 is 0 Å². The number of non-ortho nitro benzene ring substituents is 1. The molecule has 0 aliphatic carbocycles. The summed E-state index contributed by atoms with van der Waals surface area (Å²) < 4.78 is 52.7. The van der Waals surface area contributed by atoms with Crippen LogP contribution >= 0.6 is 0 Å². The van der Waals surface area contributed by atoms with Gasteiger partial charge in [-0.25, -0.2) is 14.4 Å². The van der Waals surface area contributed by atoms with Gasteiger partial charge in [0.2, 0.25) is 0 Å². The maximum absolute atomic E-state index is 14.3. The van der Waals surface area contributed by atoms with Crippen LogP contribution in [0.3, 0.4) is 0 Å². The number of aromatic nitrogens is 2. The van der Waals surface area contributed by atoms with Gasteiger partial charge in [0.05, 0.1) is 21.9 Å². The first-order chi connectivity index (χ1) is 13.7. The van der Waals surface area contributed by atoms with Crippen LogP contribution in [0, 0.1) is 10.1 Å². The molecule has 0 aliphatic heterocycles. The number of hydrogen-bond acceptors (Lipinski definition) is 4. The summed E-state index contributed by atoms with van der Waals surface area (Å²) in [7, 11) is 0. The molecule has 3 rings (SSSR count). The zero-order chi connectivity index (χ0) is 21.2. The van der Waals surface area contributed by atoms with Crippen molar-refractivity contribution in [1.29, 1.82) is 0 Å². The SMILES string of the molecule is CCC(F)c1cc(-c2ccc([N+](=O)[O-])cc2)nc(-c2ccc(C(F)(F)F)cc2)n1. The van der Waals surface area contributed by atoms with Gasteiger partial charge in [-0.3, -0.25) is 10.1 Å². The van der Waals surface area contributed by atoms with Gasteiger partial charge in [-0.05, 0) is 36.8 Å². The molecule has 0 aliphatic rings. The molecular weight excluding hydrogens is 390 g/mol. The van der Waals surface area contributed by atoms with E-state index in [1.54, 1.807) is 6.92 Å². The molecular formula is C20H15F4N3O2. The Balaban J connectivity index is 2.07. The number of hydrogen-bond donors (Lipinski definition) is 0. The molecule has 29 heavy (non-hydrogen) atoms. The third-order valence-corrected chi connectivity index (χ3v) is 4.27. The number of benzene rings is 2. The molecule has 2 aromatic carbocycles. The van der Waals surface area contributed by atoms with Crippen molar-refractivity contribution in [3.63, 3.8) is 0 Å². The fraction of sp³-hybridized carbons (Fsp3) is 0.200. The normalized spacial score (nSPS) is 12.6. The van der Waals surface area contributed by atoms with Crippen molar-refractivity contribution in [2.45, 2.75) is 25.7 Å². The van der Waals surface area contributed by atoms with Gasteiger partial charge in [0.25, 0.3) is 5.69 Å². The van der Waals surface area contributed by atoms with Crippen molar-refractivity contribution < 1.29 is 22.5 Å². The molecule has 0 N–H and O–H groups in total. The monoisotopic (exact) mass is 405 g/mol. The molecule has 0 saturated carbocycles. The zero-order valence-corrected chi connectivity index (χ0v) is 15.2. The van der Waals surface area contributed by atoms with Gasteiger partial charge in [-0.2, -0.15) is 13.2 Å². The predicted molar refractivity (Wildman–Crippen MR) is 98.7 cm³/mol. The van der Waals surface area contributed by atoms with Gasteiger partial charge in [0.15, 0.2) is 5.82 Å². The number of nitro groups is 1. The summed E-state index contributed by atoms with van der Waals surface area (Å²) in [4.78, 5) is 18.8. The van der Waals surface area contributed by atoms with E-state index in [4.69, 9.17) is 0 Å². The van der Waals surface area contributed by atoms with E-state index in [1.807, 2.05) is 0 Å². The fourth-order valence-corrected chi connectivity index (χ4v) is 2.67. The molecule has 1 aromatic heterocycles. The highest BCUT2D eigenvalue weighted by molar-refractivity contribution is 5.65. The summed E-state index contributed by atoms with van der Waals surface area (Å²) >= 11 is 0. The molecule has 150 valence electrons. The minimum absolute atomic E-state index is 0.0701. The second-order valence-electron chi connectivity index (χ2n) is 6.26. The number of rotatable bonds is 5. The lowest BCUT2D eigenvalue weighted by Gasteiger charge is -2.12. The van der Waals surface area contributed by atoms with Crippen LogP contribution in [0.15, 0.2) is 54.6 Å². The Hall–Kier alpha value is -3.36. The summed E-state index contributed by atoms with van der Waals surface area (Å²) in [6, 6.07) is 11.2. The second-order valence-corrected chi connectivity index (χ2v) is 6.26. The quantitative estimate of drug-likeness (QED) is 0.290. The first-order valence-electron chi connectivity index (χ1n) is 8.64. The van der Waals surface area contributed by atoms with Crippen LogP contribution in [0.2, 0.25) is 0 Å². The lowest BCUT2D eigenvalue weighted by molar-refractivity contribution is -0.384. The van der Waals surface area contributed by atoms with E-state index in [0.29, 0.717) is 16.8 Å². The van der Waals surface area contributed by atoms with Gasteiger partial charge >= 0.3 is 6.18 Å². The van der Waals surface area contributed by atoms with Crippen LogP contribution in [0.4, 0.5) is 23.2 Å². The van der Waals surface area contributed by atoms with Crippen molar-refractivity contribution >= 4 is 5.69 Å². The largest absolute Gasteiger partial charge is 0.416 e. The van der Waals surface area contributed by atoms with Crippen molar-refractivity contribution in [2.75, 3.05) is 0 Å². The van der Waals surface area contributed by atoms with Gasteiger partial charge in [0, 0.05) is 23.3 Å². The Morgan fingerprint density at radius 2 is 1.59 bits per heavy atom. The van der Waals surface area contributed by atoms with Gasteiger partial charge in [-0.15, -0.1) is 0 Å². The molecule has 0 saturated heterocycles. The highest BCUT2D eigenvalue weighted by Gasteiger charge is 2.30. The highest BCUT2D eigenvalue weighted by atomic mass is 19.4. The van der Waals surface area contributed by atoms with Crippen molar-refractivity contribution in [2.24, 2.45) is 0 Å². The molecule has 1 unspecified atom stereocenters. The van der Waals surface area contributed by atoms with Gasteiger partial charge in [-0.1, -0.05) is 19.1 Å². The van der Waals surface area contributed by atoms with E-state index in [0.717, 1.165) is 12.1 Å². The average Bonchev–Trinajstić information content (AvgIpc) is 2.72. The van der Waals surface area contributed by atoms with E-state index < -0.39 is 22.8 Å². The number of nitrogens with zero attached hydrogens (tertiary/aromatic N) is 3. The van der Waals surface area contributed by atoms with E-state index >= 15 is 0 Å². The molecule has 0 amide bonds. The molecule has 0 bridgehead atoms. The van der Waals surface area contributed by atoms with Crippen LogP contribution in [-0.4, -0.2) is 14.9 Å². The van der Waals surface area contributed by atoms with E-state index in [9.17, 15) is 27.7 Å². The summed E-state index contributed by atoms with van der Waals surface area (Å²) in [5.41, 5.74) is 0.275. The Morgan fingerprint density at radius 1 is 1.00 bits per heavy atom. The second kappa shape index (κ2) is 7.94. The van der Waals surface area contributed by atoms with Crippen LogP contribution in [0.1, 0.15) is 30.8 Å². The Morgan fingerprint density at radius 3 is 2.10 bits per heavy atom. The van der Waals surface area contributed by atoms with Crippen LogP contribution in [0.5, 0.6) is 0 Å². The van der Waals surface area contributed by atoms with Crippen molar-refractivity contribution in [3.8, 4) is 22.6 Å². The molecule has 0 fully saturated rings. The maximum Gasteiger partial charge on any atom is 0.416 e. The predicted octanol–water partition coefficient (Wildman–Crippen LogP) is 6.16. The molecule has 9 heteroatoms. The molecule has 3 aromatic rings. The lowest BCUT2D eigenvalue weighted by atomic mass is 10.1. The van der Waals surface area contributed by atoms with Crippen LogP contribution in [-0.2, 0) is 6.18 Å². The Kier molecular flexibility index (Phi) is 5.58. The van der Waals surface area contributed by atoms with Crippen LogP contribution in [0.25, 0.3) is 22.6 Å². The maximum atomic E-state index is 14.3. The molecule has 0 radical (unpaired) electrons. The Labute approximate surface area is 163 Å². The number of alkyl halides is 4. The minimum atomic E-state index is -4.47. The smallest absolute Gasteiger partial charge is 0.258 e. The first kappa shape index (κ1) is 20.4. The van der Waals surface area contributed by atoms with Crippen molar-refractivity contribution in [3.05, 3.63) is 76.0 Å². The summed E-state index contributed by atoms with van der Waals surface area (Å²) in [5, 5.41) is 10.8. The summed E-state index contributed by atoms with van der Waals surface area (Å²) in [6.07, 6.45) is -5.71. The molecule has 1 atom stereocenters. The third kappa shape index (κ3) is 4.56. The minimum Gasteiger partial charge on any atom is -0.258 e. The molecule has 1 heterocycles. The Bertz CT molecular complexity index is 1020. The third-order valence-electron chi connectivity index (χ3n) is 4.27. The lowest BCUT2D eigenvalue weighted by Crippen LogP contribution is -2.05. The first-order valence-corrected chi connectivity index (χ1v) is 8.64. The number of halogens is 4. The van der Waals surface area contributed by atoms with Crippen molar-refractivity contribution in [1.82, 2.24) is 9.97 Å². The standard InChI is InChI=1S/C20H15F4N3O2/c1-2-16(21)18-11-17(12-5-9-15(10-6-12)27(28)29)25-19(26-18)13-3-7-14(8-4-13)20(22,23)24/h3-11,16H,2H2,1H3. The molecule has 0 spiro atoms. The highest BCUT2D eigenvalue weighted by Crippen LogP contribution is 2.32. The van der Waals surface area contributed by atoms with E-state index in [2.05, 4.69) is 9.97 Å². The summed E-state index contributed by atoms with van der Waals surface area (Å²) in [6.45, 7) is 1.64. The summed E-state index contributed by atoms with van der Waals surface area (Å²) in [5.74, 6) is 0.0701. The van der Waals surface area contributed by atoms with E-state index in [1.165, 1.54) is 42.5 Å². The topological polar surface area (TPSA) is 68.9 Å². The van der Waals surface area contributed by atoms with Crippen LogP contribution < -0.4 is 0 Å². The average molecular weight is 405 g/mol. The van der Waals surface area contributed by atoms with E-state index in [-0.39, 0.29) is 23.6 Å². The number of nitro benzene ring substituents is 1. The molecule has 5 nitrogen and oxygen atoms in total.